The average molecular weight is 255 g/mol. The Morgan fingerprint density at radius 1 is 1.39 bits per heavy atom. The molecule has 1 rings (SSSR count). The molecular weight excluding hydrogens is 226 g/mol. The molecular formula is C14H29N3O. The van der Waals surface area contributed by atoms with Crippen LogP contribution in [0.5, 0.6) is 0 Å². The maximum atomic E-state index is 11.6. The topological polar surface area (TPSA) is 35.6 Å². The molecule has 0 aromatic heterocycles. The second-order valence-corrected chi connectivity index (χ2v) is 5.76. The van der Waals surface area contributed by atoms with E-state index in [2.05, 4.69) is 24.1 Å². The minimum Gasteiger partial charge on any atom is -0.348 e. The first-order chi connectivity index (χ1) is 8.52. The Balaban J connectivity index is 2.18. The van der Waals surface area contributed by atoms with Gasteiger partial charge in [0, 0.05) is 33.2 Å². The number of carbonyl (C=O) groups excluding carboxylic acids is 1. The molecule has 0 bridgehead atoms. The number of nitrogens with one attached hydrogen (secondary N) is 1. The molecule has 0 spiro atoms. The van der Waals surface area contributed by atoms with Gasteiger partial charge in [-0.1, -0.05) is 20.3 Å². The largest absolute Gasteiger partial charge is 0.348 e. The van der Waals surface area contributed by atoms with E-state index in [4.69, 9.17) is 0 Å². The Morgan fingerprint density at radius 3 is 2.50 bits per heavy atom. The third-order valence-electron chi connectivity index (χ3n) is 3.90. The van der Waals surface area contributed by atoms with Gasteiger partial charge < -0.3 is 10.2 Å². The molecule has 0 saturated carbocycles. The fourth-order valence-corrected chi connectivity index (χ4v) is 2.14. The molecule has 1 saturated heterocycles. The first kappa shape index (κ1) is 15.4. The Morgan fingerprint density at radius 2 is 2.00 bits per heavy atom. The lowest BCUT2D eigenvalue weighted by Crippen LogP contribution is -2.46. The van der Waals surface area contributed by atoms with Crippen LogP contribution in [0.2, 0.25) is 0 Å². The van der Waals surface area contributed by atoms with Crippen molar-refractivity contribution in [3.05, 3.63) is 0 Å². The zero-order valence-electron chi connectivity index (χ0n) is 12.4. The molecule has 1 amide bonds. The van der Waals surface area contributed by atoms with Gasteiger partial charge in [0.25, 0.3) is 0 Å². The normalized spacial score (nSPS) is 19.8. The summed E-state index contributed by atoms with van der Waals surface area (Å²) >= 11 is 0. The Bertz CT molecular complexity index is 247. The maximum Gasteiger partial charge on any atom is 0.236 e. The van der Waals surface area contributed by atoms with Crippen LogP contribution >= 0.6 is 0 Å². The van der Waals surface area contributed by atoms with Gasteiger partial charge in [-0.25, -0.2) is 0 Å². The fourth-order valence-electron chi connectivity index (χ4n) is 2.14. The van der Waals surface area contributed by atoms with Crippen LogP contribution in [0, 0.1) is 5.92 Å². The number of piperidine rings is 1. The van der Waals surface area contributed by atoms with Gasteiger partial charge in [0.05, 0.1) is 6.54 Å². The highest BCUT2D eigenvalue weighted by Crippen LogP contribution is 2.11. The molecule has 4 heteroatoms. The monoisotopic (exact) mass is 255 g/mol. The van der Waals surface area contributed by atoms with E-state index in [1.807, 2.05) is 14.1 Å². The van der Waals surface area contributed by atoms with E-state index in [1.54, 1.807) is 4.90 Å². The van der Waals surface area contributed by atoms with Crippen molar-refractivity contribution in [2.24, 2.45) is 5.92 Å². The van der Waals surface area contributed by atoms with Gasteiger partial charge in [0.15, 0.2) is 0 Å². The highest BCUT2D eigenvalue weighted by atomic mass is 16.2. The summed E-state index contributed by atoms with van der Waals surface area (Å²) in [5.74, 6) is 0.972. The molecule has 0 radical (unpaired) electrons. The Labute approximate surface area is 112 Å². The molecule has 0 aliphatic carbocycles. The fraction of sp³-hybridized carbons (Fsp3) is 0.929. The lowest BCUT2D eigenvalue weighted by Gasteiger charge is -2.33. The number of amides is 1. The molecule has 0 aromatic carbocycles. The predicted octanol–water partition coefficient (Wildman–Crippen LogP) is 1.17. The number of rotatable bonds is 6. The van der Waals surface area contributed by atoms with E-state index in [9.17, 15) is 4.79 Å². The quantitative estimate of drug-likeness (QED) is 0.774. The van der Waals surface area contributed by atoms with Crippen LogP contribution in [0.15, 0.2) is 0 Å². The molecule has 18 heavy (non-hydrogen) atoms. The minimum absolute atomic E-state index is 0.209. The minimum atomic E-state index is 0.209. The zero-order chi connectivity index (χ0) is 13.5. The van der Waals surface area contributed by atoms with Crippen LogP contribution in [-0.2, 0) is 4.79 Å². The second kappa shape index (κ2) is 7.74. The van der Waals surface area contributed by atoms with Gasteiger partial charge in [-0.3, -0.25) is 9.69 Å². The average Bonchev–Trinajstić information content (AvgIpc) is 2.37. The van der Waals surface area contributed by atoms with Crippen molar-refractivity contribution in [2.45, 2.75) is 39.2 Å². The van der Waals surface area contributed by atoms with E-state index in [0.717, 1.165) is 38.4 Å². The number of hydrogen-bond acceptors (Lipinski definition) is 3. The summed E-state index contributed by atoms with van der Waals surface area (Å²) in [6.45, 7) is 8.30. The molecule has 1 fully saturated rings. The Kier molecular flexibility index (Phi) is 6.65. The third kappa shape index (κ3) is 5.36. The maximum absolute atomic E-state index is 11.6. The van der Waals surface area contributed by atoms with Crippen molar-refractivity contribution in [3.8, 4) is 0 Å². The summed E-state index contributed by atoms with van der Waals surface area (Å²) in [7, 11) is 3.64. The molecule has 1 aliphatic heterocycles. The van der Waals surface area contributed by atoms with E-state index < -0.39 is 0 Å². The number of nitrogens with zero attached hydrogens (tertiary/aromatic N) is 2. The van der Waals surface area contributed by atoms with Gasteiger partial charge in [-0.15, -0.1) is 0 Å². The lowest BCUT2D eigenvalue weighted by atomic mass is 10.0. The second-order valence-electron chi connectivity index (χ2n) is 5.76. The summed E-state index contributed by atoms with van der Waals surface area (Å²) in [5.41, 5.74) is 0. The van der Waals surface area contributed by atoms with Crippen molar-refractivity contribution in [1.29, 1.82) is 0 Å². The van der Waals surface area contributed by atoms with Crippen LogP contribution in [0.25, 0.3) is 0 Å². The summed E-state index contributed by atoms with van der Waals surface area (Å²) < 4.78 is 0. The summed E-state index contributed by atoms with van der Waals surface area (Å²) in [5, 5.41) is 3.65. The molecule has 0 aromatic rings. The number of likely N-dealkylation sites (N-methyl/N-ethyl adjacent to an activating group) is 1. The first-order valence-electron chi connectivity index (χ1n) is 7.18. The standard InChI is InChI=1S/C14H29N3O/c1-5-12(2)10-15-13-6-8-17(9-7-13)11-14(18)16(3)4/h12-13,15H,5-11H2,1-4H3. The van der Waals surface area contributed by atoms with Crippen molar-refractivity contribution < 1.29 is 4.79 Å². The SMILES string of the molecule is CCC(C)CNC1CCN(CC(=O)N(C)C)CC1. The summed E-state index contributed by atoms with van der Waals surface area (Å²) in [4.78, 5) is 15.6. The van der Waals surface area contributed by atoms with Gasteiger partial charge in [-0.05, 0) is 25.3 Å². The zero-order valence-corrected chi connectivity index (χ0v) is 12.4. The Hall–Kier alpha value is -0.610. The number of hydrogen-bond donors (Lipinski definition) is 1. The molecule has 106 valence electrons. The molecule has 1 heterocycles. The molecule has 1 unspecified atom stereocenters. The van der Waals surface area contributed by atoms with Gasteiger partial charge in [0.2, 0.25) is 5.91 Å². The molecule has 1 aliphatic rings. The van der Waals surface area contributed by atoms with E-state index in [1.165, 1.54) is 6.42 Å². The predicted molar refractivity (Wildman–Crippen MR) is 75.6 cm³/mol. The highest BCUT2D eigenvalue weighted by Gasteiger charge is 2.21. The molecule has 1 N–H and O–H groups in total. The van der Waals surface area contributed by atoms with Crippen molar-refractivity contribution >= 4 is 5.91 Å². The van der Waals surface area contributed by atoms with E-state index >= 15 is 0 Å². The molecule has 1 atom stereocenters. The van der Waals surface area contributed by atoms with Crippen molar-refractivity contribution in [1.82, 2.24) is 15.1 Å². The van der Waals surface area contributed by atoms with Gasteiger partial charge in [0.1, 0.15) is 0 Å². The van der Waals surface area contributed by atoms with E-state index in [-0.39, 0.29) is 5.91 Å². The first-order valence-corrected chi connectivity index (χ1v) is 7.18. The lowest BCUT2D eigenvalue weighted by molar-refractivity contribution is -0.130. The smallest absolute Gasteiger partial charge is 0.236 e. The van der Waals surface area contributed by atoms with Gasteiger partial charge in [-0.2, -0.15) is 0 Å². The summed E-state index contributed by atoms with van der Waals surface area (Å²) in [6.07, 6.45) is 3.57. The molecule has 4 nitrogen and oxygen atoms in total. The van der Waals surface area contributed by atoms with Crippen molar-refractivity contribution in [2.75, 3.05) is 40.3 Å². The van der Waals surface area contributed by atoms with Crippen LogP contribution in [0.3, 0.4) is 0 Å². The number of carbonyl (C=O) groups is 1. The van der Waals surface area contributed by atoms with Gasteiger partial charge >= 0.3 is 0 Å². The van der Waals surface area contributed by atoms with Crippen LogP contribution in [0.1, 0.15) is 33.1 Å². The van der Waals surface area contributed by atoms with Crippen LogP contribution < -0.4 is 5.32 Å². The van der Waals surface area contributed by atoms with Crippen LogP contribution in [-0.4, -0.2) is 62.0 Å². The van der Waals surface area contributed by atoms with E-state index in [0.29, 0.717) is 12.6 Å². The summed E-state index contributed by atoms with van der Waals surface area (Å²) in [6, 6.07) is 0.643. The van der Waals surface area contributed by atoms with Crippen molar-refractivity contribution in [3.63, 3.8) is 0 Å². The third-order valence-corrected chi connectivity index (χ3v) is 3.90. The van der Waals surface area contributed by atoms with Crippen LogP contribution in [0.4, 0.5) is 0 Å². The highest BCUT2D eigenvalue weighted by molar-refractivity contribution is 5.77. The number of likely N-dealkylation sites (tertiary alicyclic amines) is 1.